The molecular formula is C31H29N3O3S. The maximum Gasteiger partial charge on any atom is 0.250 e. The topological polar surface area (TPSA) is 87.3 Å². The number of amides is 3. The molecule has 0 saturated carbocycles. The molecule has 4 aromatic carbocycles. The van der Waals surface area contributed by atoms with Gasteiger partial charge in [0, 0.05) is 11.3 Å². The van der Waals surface area contributed by atoms with E-state index in [9.17, 15) is 14.4 Å². The Labute approximate surface area is 226 Å². The minimum Gasteiger partial charge on any atom is -0.339 e. The van der Waals surface area contributed by atoms with Crippen LogP contribution in [0.5, 0.6) is 0 Å². The van der Waals surface area contributed by atoms with E-state index in [4.69, 9.17) is 0 Å². The number of rotatable bonds is 9. The first kappa shape index (κ1) is 25.5. The van der Waals surface area contributed by atoms with Crippen molar-refractivity contribution < 1.29 is 14.4 Å². The van der Waals surface area contributed by atoms with Crippen LogP contribution in [0.15, 0.2) is 108 Å². The lowest BCUT2D eigenvalue weighted by Crippen LogP contribution is -2.70. The van der Waals surface area contributed by atoms with Gasteiger partial charge in [0.2, 0.25) is 11.8 Å². The highest BCUT2D eigenvalue weighted by molar-refractivity contribution is 8.00. The molecule has 1 fully saturated rings. The Bertz CT molecular complexity index is 1460. The van der Waals surface area contributed by atoms with E-state index in [1.54, 1.807) is 6.92 Å². The van der Waals surface area contributed by atoms with Crippen LogP contribution < -0.4 is 16.0 Å². The van der Waals surface area contributed by atoms with Gasteiger partial charge in [0.25, 0.3) is 5.91 Å². The summed E-state index contributed by atoms with van der Waals surface area (Å²) in [6.45, 7) is 1.70. The van der Waals surface area contributed by atoms with Crippen LogP contribution in [-0.4, -0.2) is 29.1 Å². The Morgan fingerprint density at radius 2 is 1.53 bits per heavy atom. The highest BCUT2D eigenvalue weighted by Gasteiger charge is 2.45. The van der Waals surface area contributed by atoms with Crippen molar-refractivity contribution in [3.63, 3.8) is 0 Å². The molecule has 1 saturated heterocycles. The van der Waals surface area contributed by atoms with E-state index >= 15 is 0 Å². The number of hydrogen-bond donors (Lipinski definition) is 3. The highest BCUT2D eigenvalue weighted by atomic mass is 32.2. The summed E-state index contributed by atoms with van der Waals surface area (Å²) in [5.74, 6) is -0.921. The van der Waals surface area contributed by atoms with Gasteiger partial charge in [-0.2, -0.15) is 0 Å². The summed E-state index contributed by atoms with van der Waals surface area (Å²) in [5, 5.41) is 10.5. The van der Waals surface area contributed by atoms with Crippen molar-refractivity contribution in [3.05, 3.63) is 114 Å². The normalized spacial score (nSPS) is 18.1. The zero-order valence-corrected chi connectivity index (χ0v) is 21.8. The summed E-state index contributed by atoms with van der Waals surface area (Å²) in [5.41, 5.74) is 0.315. The number of aryl methyl sites for hydroxylation is 1. The van der Waals surface area contributed by atoms with E-state index < -0.39 is 17.5 Å². The predicted molar refractivity (Wildman–Crippen MR) is 150 cm³/mol. The van der Waals surface area contributed by atoms with E-state index in [0.717, 1.165) is 21.2 Å². The first-order valence-electron chi connectivity index (χ1n) is 12.6. The third-order valence-corrected chi connectivity index (χ3v) is 8.00. The van der Waals surface area contributed by atoms with Crippen molar-refractivity contribution in [3.8, 4) is 0 Å². The summed E-state index contributed by atoms with van der Waals surface area (Å²) >= 11 is 1.48. The van der Waals surface area contributed by atoms with E-state index in [-0.39, 0.29) is 23.6 Å². The summed E-state index contributed by atoms with van der Waals surface area (Å²) in [6, 6.07) is 32.3. The summed E-state index contributed by atoms with van der Waals surface area (Å²) in [7, 11) is 0. The molecule has 1 heterocycles. The molecule has 7 heteroatoms. The first-order chi connectivity index (χ1) is 18.4. The molecule has 1 aliphatic rings. The second kappa shape index (κ2) is 11.1. The molecule has 3 N–H and O–H groups in total. The largest absolute Gasteiger partial charge is 0.339 e. The molecule has 0 spiro atoms. The van der Waals surface area contributed by atoms with Crippen LogP contribution in [-0.2, 0) is 26.3 Å². The zero-order chi connectivity index (χ0) is 26.5. The Balaban J connectivity index is 1.37. The molecule has 6 nitrogen and oxygen atoms in total. The summed E-state index contributed by atoms with van der Waals surface area (Å²) in [6.07, 6.45) is 0.791. The number of β-lactam (4-membered cyclic amide) rings is 1. The summed E-state index contributed by atoms with van der Waals surface area (Å²) < 4.78 is 0. The minimum atomic E-state index is -1.38. The Kier molecular flexibility index (Phi) is 7.47. The van der Waals surface area contributed by atoms with Gasteiger partial charge < -0.3 is 16.0 Å². The van der Waals surface area contributed by atoms with Gasteiger partial charge in [-0.3, -0.25) is 14.4 Å². The fourth-order valence-corrected chi connectivity index (χ4v) is 5.64. The second-order valence-corrected chi connectivity index (χ2v) is 10.7. The smallest absolute Gasteiger partial charge is 0.250 e. The molecule has 3 amide bonds. The lowest BCUT2D eigenvalue weighted by Gasteiger charge is -2.39. The van der Waals surface area contributed by atoms with Gasteiger partial charge in [-0.25, -0.2) is 0 Å². The van der Waals surface area contributed by atoms with Crippen molar-refractivity contribution >= 4 is 40.3 Å². The minimum absolute atomic E-state index is 0.233. The lowest BCUT2D eigenvalue weighted by molar-refractivity contribution is -0.138. The van der Waals surface area contributed by atoms with Crippen LogP contribution in [0.3, 0.4) is 0 Å². The summed E-state index contributed by atoms with van der Waals surface area (Å²) in [4.78, 5) is 40.4. The number of nitrogens with one attached hydrogen (secondary N) is 3. The van der Waals surface area contributed by atoms with Crippen LogP contribution in [0.25, 0.3) is 10.8 Å². The van der Waals surface area contributed by atoms with Crippen molar-refractivity contribution in [1.29, 1.82) is 0 Å². The van der Waals surface area contributed by atoms with Crippen LogP contribution in [0.4, 0.5) is 0 Å². The molecule has 0 bridgehead atoms. The quantitative estimate of drug-likeness (QED) is 0.281. The van der Waals surface area contributed by atoms with E-state index in [2.05, 4.69) is 16.0 Å². The number of benzene rings is 4. The van der Waals surface area contributed by atoms with Gasteiger partial charge in [0.1, 0.15) is 17.0 Å². The number of thioether (sulfide) groups is 1. The lowest BCUT2D eigenvalue weighted by atomic mass is 9.88. The van der Waals surface area contributed by atoms with E-state index in [1.165, 1.54) is 11.8 Å². The van der Waals surface area contributed by atoms with Crippen LogP contribution in [0, 0.1) is 0 Å². The molecule has 1 aliphatic heterocycles. The van der Waals surface area contributed by atoms with Crippen molar-refractivity contribution in [2.24, 2.45) is 0 Å². The van der Waals surface area contributed by atoms with Gasteiger partial charge in [-0.15, -0.1) is 0 Å². The Morgan fingerprint density at radius 1 is 0.868 bits per heavy atom. The molecule has 3 atom stereocenters. The van der Waals surface area contributed by atoms with E-state index in [1.807, 2.05) is 103 Å². The van der Waals surface area contributed by atoms with Crippen LogP contribution in [0.1, 0.15) is 24.5 Å². The molecule has 0 radical (unpaired) electrons. The molecule has 192 valence electrons. The number of carbonyl (C=O) groups is 3. The third-order valence-electron chi connectivity index (χ3n) is 6.82. The SMILES string of the molecule is C[C@](NC(=O)CCc1ccccc1)(C(=O)N[C@@H]1C(=O)N[C@@H]1Sc1ccccc1)c1ccc2ccccc2c1. The first-order valence-corrected chi connectivity index (χ1v) is 13.5. The van der Waals surface area contributed by atoms with Gasteiger partial charge in [0.15, 0.2) is 0 Å². The van der Waals surface area contributed by atoms with Gasteiger partial charge in [-0.1, -0.05) is 96.7 Å². The average molecular weight is 524 g/mol. The third kappa shape index (κ3) is 5.58. The van der Waals surface area contributed by atoms with Crippen LogP contribution >= 0.6 is 11.8 Å². The monoisotopic (exact) mass is 523 g/mol. The van der Waals surface area contributed by atoms with Gasteiger partial charge >= 0.3 is 0 Å². The molecular weight excluding hydrogens is 494 g/mol. The fraction of sp³-hybridized carbons (Fsp3) is 0.194. The van der Waals surface area contributed by atoms with Crippen molar-refractivity contribution in [2.45, 2.75) is 41.6 Å². The molecule has 38 heavy (non-hydrogen) atoms. The Morgan fingerprint density at radius 3 is 2.24 bits per heavy atom. The average Bonchev–Trinajstić information content (AvgIpc) is 2.95. The maximum atomic E-state index is 13.8. The molecule has 5 rings (SSSR count). The molecule has 4 aromatic rings. The molecule has 0 unspecified atom stereocenters. The van der Waals surface area contributed by atoms with Gasteiger partial charge in [0.05, 0.1) is 0 Å². The van der Waals surface area contributed by atoms with Gasteiger partial charge in [-0.05, 0) is 53.4 Å². The number of fused-ring (bicyclic) bond motifs is 1. The van der Waals surface area contributed by atoms with Crippen molar-refractivity contribution in [2.75, 3.05) is 0 Å². The number of carbonyl (C=O) groups excluding carboxylic acids is 3. The second-order valence-electron chi connectivity index (χ2n) is 9.53. The number of hydrogen-bond acceptors (Lipinski definition) is 4. The molecule has 0 aromatic heterocycles. The van der Waals surface area contributed by atoms with Crippen molar-refractivity contribution in [1.82, 2.24) is 16.0 Å². The Hall–Kier alpha value is -4.10. The zero-order valence-electron chi connectivity index (χ0n) is 21.0. The maximum absolute atomic E-state index is 13.8. The van der Waals surface area contributed by atoms with E-state index in [0.29, 0.717) is 12.0 Å². The fourth-order valence-electron chi connectivity index (χ4n) is 4.53. The van der Waals surface area contributed by atoms with Crippen LogP contribution in [0.2, 0.25) is 0 Å². The molecule has 0 aliphatic carbocycles. The highest BCUT2D eigenvalue weighted by Crippen LogP contribution is 2.30. The standard InChI is InChI=1S/C31H29N3O3S/c1-31(24-18-17-22-12-8-9-13-23(22)20-24,34-26(35)19-16-21-10-4-2-5-11-21)30(37)32-27-28(36)33-29(27)38-25-14-6-3-7-15-25/h2-15,17-18,20,27,29H,16,19H2,1H3,(H,32,37)(H,33,36)(H,34,35)/t27-,29-,31-/m1/s1. The predicted octanol–water partition coefficient (Wildman–Crippen LogP) is 4.54.